The van der Waals surface area contributed by atoms with Crippen LogP contribution in [-0.2, 0) is 0 Å². The molecule has 0 bridgehead atoms. The molecular formula is C30H33ClN2S. The van der Waals surface area contributed by atoms with Crippen LogP contribution in [0.5, 0.6) is 0 Å². The standard InChI is InChI=1S/C30H33N2S.ClH/c1-20-16-21(2)30(22(3)17-20)25-18-28(23-8-12-26(13-9-23)31(4)5)33-29(19-25)24-10-14-27(15-11-24)32(6)7;/h8-19H,1-7H3;1H/q+1;/p-1. The lowest BCUT2D eigenvalue weighted by atomic mass is 9.92. The highest BCUT2D eigenvalue weighted by Crippen LogP contribution is 2.45. The minimum atomic E-state index is 0. The van der Waals surface area contributed by atoms with Gasteiger partial charge in [-0.3, -0.25) is 0 Å². The summed E-state index contributed by atoms with van der Waals surface area (Å²) in [4.78, 5) is 4.70. The molecule has 2 aromatic rings. The van der Waals surface area contributed by atoms with Gasteiger partial charge in [0.05, 0.1) is 0 Å². The zero-order valence-corrected chi connectivity index (χ0v) is 22.7. The summed E-state index contributed by atoms with van der Waals surface area (Å²) in [7, 11) is 8.32. The van der Waals surface area contributed by atoms with Gasteiger partial charge in [-0.2, -0.15) is 0 Å². The van der Waals surface area contributed by atoms with Crippen molar-refractivity contribution in [1.82, 2.24) is 0 Å². The third kappa shape index (κ3) is 5.48. The number of aryl methyl sites for hydroxylation is 3. The van der Waals surface area contributed by atoms with Crippen LogP contribution in [0.25, 0.3) is 10.5 Å². The fourth-order valence-electron chi connectivity index (χ4n) is 4.41. The monoisotopic (exact) mass is 488 g/mol. The molecule has 0 aromatic heterocycles. The van der Waals surface area contributed by atoms with Gasteiger partial charge in [0, 0.05) is 41.7 Å². The van der Waals surface area contributed by atoms with Gasteiger partial charge < -0.3 is 17.3 Å². The Morgan fingerprint density at radius 2 is 1.38 bits per heavy atom. The molecule has 0 atom stereocenters. The lowest BCUT2D eigenvalue weighted by molar-refractivity contribution is -0.462. The molecule has 0 N–H and O–H groups in total. The molecule has 0 saturated carbocycles. The van der Waals surface area contributed by atoms with E-state index in [1.807, 2.05) is 11.8 Å². The Balaban J connectivity index is 0.00000324. The zero-order chi connectivity index (χ0) is 23.7. The van der Waals surface area contributed by atoms with Gasteiger partial charge in [-0.15, -0.1) is 0 Å². The highest BCUT2D eigenvalue weighted by atomic mass is 35.5. The van der Waals surface area contributed by atoms with Crippen molar-refractivity contribution >= 4 is 33.6 Å². The molecule has 0 saturated heterocycles. The van der Waals surface area contributed by atoms with Crippen molar-refractivity contribution in [1.29, 1.82) is 0 Å². The molecule has 2 nitrogen and oxygen atoms in total. The first-order chi connectivity index (χ1) is 15.7. The molecule has 1 aliphatic carbocycles. The Morgan fingerprint density at radius 3 is 1.91 bits per heavy atom. The van der Waals surface area contributed by atoms with Gasteiger partial charge >= 0.3 is 0 Å². The molecule has 34 heavy (non-hydrogen) atoms. The van der Waals surface area contributed by atoms with Crippen LogP contribution in [-0.4, -0.2) is 38.5 Å². The van der Waals surface area contributed by atoms with Crippen molar-refractivity contribution in [2.75, 3.05) is 33.1 Å². The fourth-order valence-corrected chi connectivity index (χ4v) is 5.53. The molecule has 4 heteroatoms. The van der Waals surface area contributed by atoms with Crippen LogP contribution < -0.4 is 17.3 Å². The van der Waals surface area contributed by atoms with Crippen molar-refractivity contribution < 1.29 is 17.0 Å². The van der Waals surface area contributed by atoms with E-state index in [0.29, 0.717) is 0 Å². The van der Waals surface area contributed by atoms with E-state index >= 15 is 0 Å². The molecule has 2 aliphatic rings. The van der Waals surface area contributed by atoms with E-state index in [9.17, 15) is 0 Å². The summed E-state index contributed by atoms with van der Waals surface area (Å²) in [6.07, 6.45) is 13.6. The predicted octanol–water partition coefficient (Wildman–Crippen LogP) is 3.95. The summed E-state index contributed by atoms with van der Waals surface area (Å²) in [6.45, 7) is 6.62. The number of benzene rings is 2. The maximum Gasteiger partial charge on any atom is 0.199 e. The van der Waals surface area contributed by atoms with Crippen molar-refractivity contribution in [3.05, 3.63) is 111 Å². The van der Waals surface area contributed by atoms with Crippen LogP contribution in [0.15, 0.2) is 83.3 Å². The summed E-state index contributed by atoms with van der Waals surface area (Å²) >= 11 is 1.85. The summed E-state index contributed by atoms with van der Waals surface area (Å²) in [5, 5.41) is 0. The summed E-state index contributed by atoms with van der Waals surface area (Å²) in [6, 6.07) is 13.4. The third-order valence-corrected chi connectivity index (χ3v) is 7.24. The molecule has 176 valence electrons. The average molecular weight is 489 g/mol. The first-order valence-electron chi connectivity index (χ1n) is 11.3. The minimum absolute atomic E-state index is 0. The molecule has 4 rings (SSSR count). The Morgan fingerprint density at radius 1 is 0.794 bits per heavy atom. The summed E-state index contributed by atoms with van der Waals surface area (Å²) < 4.78 is 2.14. The van der Waals surface area contributed by atoms with Crippen LogP contribution in [0.4, 0.5) is 5.69 Å². The van der Waals surface area contributed by atoms with Gasteiger partial charge in [-0.1, -0.05) is 41.6 Å². The number of hydrogen-bond donors (Lipinski definition) is 0. The number of allylic oxidation sites excluding steroid dienone is 8. The van der Waals surface area contributed by atoms with E-state index in [1.54, 1.807) is 0 Å². The van der Waals surface area contributed by atoms with Crippen LogP contribution in [0.3, 0.4) is 0 Å². The smallest absolute Gasteiger partial charge is 0.199 e. The maximum absolute atomic E-state index is 2.36. The van der Waals surface area contributed by atoms with Crippen LogP contribution in [0.2, 0.25) is 0 Å². The second-order valence-corrected chi connectivity index (χ2v) is 10.3. The lowest BCUT2D eigenvalue weighted by Gasteiger charge is -2.21. The number of hydrogen-bond acceptors (Lipinski definition) is 2. The van der Waals surface area contributed by atoms with Gasteiger partial charge in [0.1, 0.15) is 14.1 Å². The topological polar surface area (TPSA) is 6.25 Å². The molecule has 2 aromatic carbocycles. The minimum Gasteiger partial charge on any atom is -1.00 e. The van der Waals surface area contributed by atoms with E-state index in [2.05, 4.69) is 131 Å². The van der Waals surface area contributed by atoms with Crippen LogP contribution >= 0.6 is 11.8 Å². The number of rotatable bonds is 3. The molecular weight excluding hydrogens is 456 g/mol. The molecule has 1 heterocycles. The number of anilines is 1. The second-order valence-electron chi connectivity index (χ2n) is 9.23. The summed E-state index contributed by atoms with van der Waals surface area (Å²) in [5.74, 6) is 0. The van der Waals surface area contributed by atoms with Gasteiger partial charge in [0.15, 0.2) is 5.71 Å². The van der Waals surface area contributed by atoms with E-state index in [4.69, 9.17) is 0 Å². The van der Waals surface area contributed by atoms with Crippen LogP contribution in [0.1, 0.15) is 27.8 Å². The van der Waals surface area contributed by atoms with Crippen molar-refractivity contribution in [3.8, 4) is 0 Å². The SMILES string of the molecule is Cc1cc(C)c(C2=CC(=C3C=CC(=[N+](C)C)C=C3)SC(c3ccc(N(C)C)cc3)=C2)c(C)c1.[Cl-]. The van der Waals surface area contributed by atoms with Gasteiger partial charge in [-0.05, 0) is 90.6 Å². The van der Waals surface area contributed by atoms with Crippen molar-refractivity contribution in [2.24, 2.45) is 0 Å². The Bertz CT molecular complexity index is 1240. The fraction of sp³-hybridized carbons (Fsp3) is 0.233. The second kappa shape index (κ2) is 10.7. The highest BCUT2D eigenvalue weighted by molar-refractivity contribution is 8.12. The van der Waals surface area contributed by atoms with E-state index < -0.39 is 0 Å². The molecule has 0 unspecified atom stereocenters. The van der Waals surface area contributed by atoms with Crippen molar-refractivity contribution in [2.45, 2.75) is 20.8 Å². The van der Waals surface area contributed by atoms with Crippen molar-refractivity contribution in [3.63, 3.8) is 0 Å². The lowest BCUT2D eigenvalue weighted by Crippen LogP contribution is -3.00. The maximum atomic E-state index is 2.36. The third-order valence-electron chi connectivity index (χ3n) is 6.10. The first kappa shape index (κ1) is 25.9. The Kier molecular flexibility index (Phi) is 8.12. The largest absolute Gasteiger partial charge is 1.00 e. The molecule has 1 aliphatic heterocycles. The predicted molar refractivity (Wildman–Crippen MR) is 147 cm³/mol. The van der Waals surface area contributed by atoms with E-state index in [-0.39, 0.29) is 12.4 Å². The molecule has 0 fully saturated rings. The Labute approximate surface area is 215 Å². The van der Waals surface area contributed by atoms with Gasteiger partial charge in [0.2, 0.25) is 0 Å². The summed E-state index contributed by atoms with van der Waals surface area (Å²) in [5.41, 5.74) is 11.5. The highest BCUT2D eigenvalue weighted by Gasteiger charge is 2.19. The Hall–Kier alpha value is -2.75. The first-order valence-corrected chi connectivity index (χ1v) is 12.2. The van der Waals surface area contributed by atoms with Crippen LogP contribution in [0, 0.1) is 20.8 Å². The average Bonchev–Trinajstić information content (AvgIpc) is 2.78. The zero-order valence-electron chi connectivity index (χ0n) is 21.1. The number of halogens is 1. The molecule has 0 spiro atoms. The van der Waals surface area contributed by atoms with Gasteiger partial charge in [-0.25, -0.2) is 4.58 Å². The van der Waals surface area contributed by atoms with E-state index in [0.717, 1.165) is 0 Å². The van der Waals surface area contributed by atoms with E-state index in [1.165, 1.54) is 60.2 Å². The quantitative estimate of drug-likeness (QED) is 0.603. The molecule has 0 amide bonds. The molecule has 0 radical (unpaired) electrons. The number of nitrogens with zero attached hydrogens (tertiary/aromatic N) is 2. The van der Waals surface area contributed by atoms with Gasteiger partial charge in [0.25, 0.3) is 0 Å². The normalized spacial score (nSPS) is 15.1. The number of thioether (sulfide) groups is 1.